The molecule has 0 radical (unpaired) electrons. The van der Waals surface area contributed by atoms with E-state index >= 15 is 0 Å². The number of aliphatic hydroxyl groups is 2. The van der Waals surface area contributed by atoms with Crippen molar-refractivity contribution in [2.45, 2.75) is 131 Å². The van der Waals surface area contributed by atoms with Crippen molar-refractivity contribution in [3.63, 3.8) is 0 Å². The summed E-state index contributed by atoms with van der Waals surface area (Å²) in [5.74, 6) is 1.42. The summed E-state index contributed by atoms with van der Waals surface area (Å²) in [6.45, 7) is 19.5. The molecule has 4 aliphatic carbocycles. The van der Waals surface area contributed by atoms with Gasteiger partial charge in [0, 0.05) is 12.3 Å². The van der Waals surface area contributed by atoms with Crippen molar-refractivity contribution >= 4 is 5.97 Å². The molecule has 4 aliphatic rings. The average molecular weight is 501 g/mol. The lowest BCUT2D eigenvalue weighted by Gasteiger charge is -2.61. The van der Waals surface area contributed by atoms with Gasteiger partial charge in [-0.1, -0.05) is 53.7 Å². The third-order valence-electron chi connectivity index (χ3n) is 12.0. The van der Waals surface area contributed by atoms with Crippen LogP contribution >= 0.6 is 0 Å². The van der Waals surface area contributed by atoms with Crippen LogP contribution in [0, 0.1) is 39.4 Å². The Morgan fingerprint density at radius 3 is 2.36 bits per heavy atom. The van der Waals surface area contributed by atoms with E-state index in [0.717, 1.165) is 32.1 Å². The second-order valence-corrected chi connectivity index (χ2v) is 14.7. The van der Waals surface area contributed by atoms with Gasteiger partial charge in [-0.15, -0.1) is 0 Å². The van der Waals surface area contributed by atoms with E-state index in [-0.39, 0.29) is 33.7 Å². The van der Waals surface area contributed by atoms with Gasteiger partial charge in [0.2, 0.25) is 0 Å². The summed E-state index contributed by atoms with van der Waals surface area (Å²) in [6.07, 6.45) is 12.7. The number of hydrogen-bond donors (Lipinski definition) is 2. The lowest BCUT2D eigenvalue weighted by molar-refractivity contribution is -0.165. The fourth-order valence-electron chi connectivity index (χ4n) is 9.32. The van der Waals surface area contributed by atoms with Gasteiger partial charge in [0.1, 0.15) is 6.10 Å². The highest BCUT2D eigenvalue weighted by molar-refractivity contribution is 5.66. The smallest absolute Gasteiger partial charge is 0.302 e. The predicted octanol–water partition coefficient (Wildman–Crippen LogP) is 6.99. The summed E-state index contributed by atoms with van der Waals surface area (Å²) in [5.41, 5.74) is 2.57. The number of allylic oxidation sites excluding steroid dienone is 4. The Kier molecular flexibility index (Phi) is 6.95. The van der Waals surface area contributed by atoms with Crippen molar-refractivity contribution < 1.29 is 19.7 Å². The zero-order chi connectivity index (χ0) is 26.9. The highest BCUT2D eigenvalue weighted by Gasteiger charge is 2.63. The second-order valence-electron chi connectivity index (χ2n) is 14.7. The van der Waals surface area contributed by atoms with Crippen LogP contribution in [0.2, 0.25) is 0 Å². The molecule has 4 rings (SSSR count). The molecule has 2 saturated carbocycles. The SMILES string of the molecule is CC(=O)O[C@H]1CC[C@]2(C)C3=CC[C@]4(C)[C@@H]([C@H](C)CC[C@H](O)C(C)(C)O)CC[C@@]4(C)C3=CC[C@H]2C1(C)C. The van der Waals surface area contributed by atoms with Crippen molar-refractivity contribution in [3.8, 4) is 0 Å². The number of esters is 1. The fraction of sp³-hybridized carbons (Fsp3) is 0.844. The third-order valence-corrected chi connectivity index (χ3v) is 12.0. The lowest BCUT2D eigenvalue weighted by atomic mass is 9.44. The zero-order valence-corrected chi connectivity index (χ0v) is 24.4. The van der Waals surface area contributed by atoms with Gasteiger partial charge in [0.15, 0.2) is 0 Å². The van der Waals surface area contributed by atoms with Gasteiger partial charge in [-0.05, 0) is 110 Å². The van der Waals surface area contributed by atoms with E-state index in [1.54, 1.807) is 25.0 Å². The summed E-state index contributed by atoms with van der Waals surface area (Å²) in [6, 6.07) is 0. The molecule has 36 heavy (non-hydrogen) atoms. The molecule has 2 fully saturated rings. The largest absolute Gasteiger partial charge is 0.462 e. The average Bonchev–Trinajstić information content (AvgIpc) is 3.04. The van der Waals surface area contributed by atoms with Crippen molar-refractivity contribution in [3.05, 3.63) is 23.3 Å². The third kappa shape index (κ3) is 4.13. The fourth-order valence-corrected chi connectivity index (χ4v) is 9.32. The molecule has 2 N–H and O–H groups in total. The molecule has 4 heteroatoms. The van der Waals surface area contributed by atoms with Gasteiger partial charge in [-0.3, -0.25) is 4.79 Å². The number of carbonyl (C=O) groups is 1. The van der Waals surface area contributed by atoms with Gasteiger partial charge < -0.3 is 14.9 Å². The Labute approximate surface area is 220 Å². The first kappa shape index (κ1) is 27.9. The van der Waals surface area contributed by atoms with E-state index in [9.17, 15) is 15.0 Å². The predicted molar refractivity (Wildman–Crippen MR) is 145 cm³/mol. The monoisotopic (exact) mass is 500 g/mol. The number of fused-ring (bicyclic) bond motifs is 5. The molecule has 0 aromatic heterocycles. The number of rotatable bonds is 6. The standard InChI is InChI=1S/C32H52O4/c1-20(10-13-26(34)29(5,6)35)22-14-18-32(9)24-11-12-25-28(3,4)27(36-21(2)33)16-17-30(25,7)23(24)15-19-31(22,32)8/h11,15,20,22,25-27,34-35H,10,12-14,16-19H2,1-9H3/t20-,22-,25+,26+,27+,30-,31-,32+/m1/s1. The van der Waals surface area contributed by atoms with Gasteiger partial charge in [0.25, 0.3) is 0 Å². The van der Waals surface area contributed by atoms with E-state index in [1.807, 2.05) is 0 Å². The summed E-state index contributed by atoms with van der Waals surface area (Å²) < 4.78 is 5.83. The Balaban J connectivity index is 1.60. The molecule has 0 spiro atoms. The van der Waals surface area contributed by atoms with Crippen molar-refractivity contribution in [2.24, 2.45) is 39.4 Å². The minimum absolute atomic E-state index is 0.0102. The van der Waals surface area contributed by atoms with Crippen LogP contribution in [-0.2, 0) is 9.53 Å². The molecular weight excluding hydrogens is 448 g/mol. The van der Waals surface area contributed by atoms with E-state index < -0.39 is 11.7 Å². The van der Waals surface area contributed by atoms with Crippen LogP contribution in [0.5, 0.6) is 0 Å². The number of aliphatic hydroxyl groups excluding tert-OH is 1. The van der Waals surface area contributed by atoms with E-state index in [1.165, 1.54) is 19.8 Å². The molecule has 0 aromatic rings. The van der Waals surface area contributed by atoms with Crippen molar-refractivity contribution in [1.82, 2.24) is 0 Å². The lowest BCUT2D eigenvalue weighted by Crippen LogP contribution is -2.55. The molecule has 0 amide bonds. The summed E-state index contributed by atoms with van der Waals surface area (Å²) in [5, 5.41) is 20.6. The zero-order valence-electron chi connectivity index (χ0n) is 24.4. The number of hydrogen-bond acceptors (Lipinski definition) is 4. The van der Waals surface area contributed by atoms with Crippen molar-refractivity contribution in [1.29, 1.82) is 0 Å². The Bertz CT molecular complexity index is 938. The van der Waals surface area contributed by atoms with E-state index in [2.05, 4.69) is 53.7 Å². The summed E-state index contributed by atoms with van der Waals surface area (Å²) >= 11 is 0. The van der Waals surface area contributed by atoms with Gasteiger partial charge in [-0.2, -0.15) is 0 Å². The molecule has 0 bridgehead atoms. The minimum atomic E-state index is -1.04. The van der Waals surface area contributed by atoms with Gasteiger partial charge in [0.05, 0.1) is 11.7 Å². The molecule has 0 saturated heterocycles. The first-order chi connectivity index (χ1) is 16.5. The molecule has 0 heterocycles. The molecule has 0 aliphatic heterocycles. The maximum atomic E-state index is 11.8. The second kappa shape index (κ2) is 8.97. The maximum absolute atomic E-state index is 11.8. The topological polar surface area (TPSA) is 66.8 Å². The highest BCUT2D eigenvalue weighted by Crippen LogP contribution is 2.71. The quantitative estimate of drug-likeness (QED) is 0.386. The highest BCUT2D eigenvalue weighted by atomic mass is 16.5. The van der Waals surface area contributed by atoms with E-state index in [0.29, 0.717) is 24.2 Å². The van der Waals surface area contributed by atoms with Crippen LogP contribution in [0.4, 0.5) is 0 Å². The normalized spacial score (nSPS) is 41.2. The summed E-state index contributed by atoms with van der Waals surface area (Å²) in [4.78, 5) is 11.8. The molecule has 8 atom stereocenters. The van der Waals surface area contributed by atoms with Crippen LogP contribution in [0.25, 0.3) is 0 Å². The Morgan fingerprint density at radius 1 is 1.08 bits per heavy atom. The van der Waals surface area contributed by atoms with Gasteiger partial charge in [-0.25, -0.2) is 0 Å². The molecule has 0 unspecified atom stereocenters. The number of carbonyl (C=O) groups excluding carboxylic acids is 1. The molecule has 4 nitrogen and oxygen atoms in total. The van der Waals surface area contributed by atoms with Gasteiger partial charge >= 0.3 is 5.97 Å². The first-order valence-corrected chi connectivity index (χ1v) is 14.5. The van der Waals surface area contributed by atoms with Crippen LogP contribution < -0.4 is 0 Å². The van der Waals surface area contributed by atoms with Crippen LogP contribution in [0.1, 0.15) is 114 Å². The minimum Gasteiger partial charge on any atom is -0.462 e. The van der Waals surface area contributed by atoms with Crippen LogP contribution in [-0.4, -0.2) is 34.0 Å². The van der Waals surface area contributed by atoms with E-state index in [4.69, 9.17) is 4.74 Å². The molecule has 0 aromatic carbocycles. The Morgan fingerprint density at radius 2 is 1.75 bits per heavy atom. The van der Waals surface area contributed by atoms with Crippen molar-refractivity contribution in [2.75, 3.05) is 0 Å². The van der Waals surface area contributed by atoms with Crippen LogP contribution in [0.15, 0.2) is 23.3 Å². The number of ether oxygens (including phenoxy) is 1. The first-order valence-electron chi connectivity index (χ1n) is 14.5. The van der Waals surface area contributed by atoms with Crippen LogP contribution in [0.3, 0.4) is 0 Å². The maximum Gasteiger partial charge on any atom is 0.302 e. The summed E-state index contributed by atoms with van der Waals surface area (Å²) in [7, 11) is 0. The molecule has 204 valence electrons. The Hall–Kier alpha value is -1.13. The molecular formula is C32H52O4.